The number of sulfonamides is 1. The third-order valence-corrected chi connectivity index (χ3v) is 3.93. The van der Waals surface area contributed by atoms with E-state index in [2.05, 4.69) is 20.7 Å². The average molecular weight is 366 g/mol. The average Bonchev–Trinajstić information content (AvgIpc) is 2.26. The van der Waals surface area contributed by atoms with Crippen molar-refractivity contribution in [3.05, 3.63) is 28.2 Å². The molecule has 0 aliphatic rings. The Balaban J connectivity index is 2.79. The lowest BCUT2D eigenvalue weighted by Gasteiger charge is -2.11. The zero-order valence-electron chi connectivity index (χ0n) is 11.1. The summed E-state index contributed by atoms with van der Waals surface area (Å²) in [5.74, 6) is -1.32. The summed E-state index contributed by atoms with van der Waals surface area (Å²) < 4.78 is 31.6. The van der Waals surface area contributed by atoms with E-state index in [0.717, 1.165) is 0 Å². The van der Waals surface area contributed by atoms with Crippen LogP contribution >= 0.6 is 15.9 Å². The molecule has 0 heterocycles. The van der Waals surface area contributed by atoms with E-state index in [1.807, 2.05) is 13.8 Å². The molecule has 20 heavy (non-hydrogen) atoms. The van der Waals surface area contributed by atoms with Crippen molar-refractivity contribution < 1.29 is 23.1 Å². The first-order valence-electron chi connectivity index (χ1n) is 5.85. The van der Waals surface area contributed by atoms with Gasteiger partial charge < -0.3 is 9.84 Å². The number of benzene rings is 1. The minimum Gasteiger partial charge on any atom is -0.478 e. The van der Waals surface area contributed by atoms with E-state index >= 15 is 0 Å². The maximum Gasteiger partial charge on any atom is 0.335 e. The van der Waals surface area contributed by atoms with Crippen molar-refractivity contribution in [3.63, 3.8) is 0 Å². The first kappa shape index (κ1) is 16.9. The Hall–Kier alpha value is -1.12. The van der Waals surface area contributed by atoms with Crippen molar-refractivity contribution in [2.45, 2.75) is 20.0 Å². The SMILES string of the molecule is CC(C)OCCS(=O)(=O)Nc1cc(Br)cc(C(=O)O)c1. The van der Waals surface area contributed by atoms with E-state index in [1.54, 1.807) is 0 Å². The number of hydrogen-bond acceptors (Lipinski definition) is 4. The fraction of sp³-hybridized carbons (Fsp3) is 0.417. The second kappa shape index (κ2) is 7.05. The fourth-order valence-corrected chi connectivity index (χ4v) is 2.78. The highest BCUT2D eigenvalue weighted by Gasteiger charge is 2.13. The van der Waals surface area contributed by atoms with Crippen LogP contribution in [0.3, 0.4) is 0 Å². The van der Waals surface area contributed by atoms with Gasteiger partial charge in [-0.2, -0.15) is 0 Å². The van der Waals surface area contributed by atoms with Gasteiger partial charge in [-0.1, -0.05) is 15.9 Å². The molecule has 0 fully saturated rings. The molecule has 1 rings (SSSR count). The molecule has 0 unspecified atom stereocenters. The summed E-state index contributed by atoms with van der Waals surface area (Å²) in [6, 6.07) is 4.14. The Morgan fingerprint density at radius 3 is 2.60 bits per heavy atom. The molecule has 6 nitrogen and oxygen atoms in total. The molecule has 0 aliphatic heterocycles. The molecule has 2 N–H and O–H groups in total. The Morgan fingerprint density at radius 2 is 2.05 bits per heavy atom. The Bertz CT molecular complexity index is 586. The number of ether oxygens (including phenoxy) is 1. The minimum atomic E-state index is -3.58. The zero-order valence-corrected chi connectivity index (χ0v) is 13.5. The molecule has 0 saturated heterocycles. The van der Waals surface area contributed by atoms with E-state index in [0.29, 0.717) is 4.47 Å². The first-order chi connectivity index (χ1) is 9.19. The quantitative estimate of drug-likeness (QED) is 0.773. The summed E-state index contributed by atoms with van der Waals surface area (Å²) in [5, 5.41) is 8.92. The van der Waals surface area contributed by atoms with Crippen molar-refractivity contribution in [3.8, 4) is 0 Å². The second-order valence-corrected chi connectivity index (χ2v) is 7.13. The lowest BCUT2D eigenvalue weighted by molar-refractivity contribution is 0.0696. The number of carboxylic acid groups (broad SMARTS) is 1. The van der Waals surface area contributed by atoms with Gasteiger partial charge in [-0.25, -0.2) is 13.2 Å². The summed E-state index contributed by atoms with van der Waals surface area (Å²) in [5.41, 5.74) is 0.192. The number of anilines is 1. The van der Waals surface area contributed by atoms with Crippen LogP contribution < -0.4 is 4.72 Å². The number of hydrogen-bond donors (Lipinski definition) is 2. The molecule has 0 radical (unpaired) electrons. The third-order valence-electron chi connectivity index (χ3n) is 2.22. The maximum absolute atomic E-state index is 11.8. The number of rotatable bonds is 7. The maximum atomic E-state index is 11.8. The molecule has 1 aromatic rings. The van der Waals surface area contributed by atoms with Crippen molar-refractivity contribution in [2.75, 3.05) is 17.1 Å². The summed E-state index contributed by atoms with van der Waals surface area (Å²) >= 11 is 3.14. The number of carboxylic acids is 1. The van der Waals surface area contributed by atoms with Gasteiger partial charge in [0.25, 0.3) is 0 Å². The van der Waals surface area contributed by atoms with E-state index in [1.165, 1.54) is 18.2 Å². The van der Waals surface area contributed by atoms with Crippen molar-refractivity contribution >= 4 is 37.6 Å². The first-order valence-corrected chi connectivity index (χ1v) is 8.30. The molecule has 0 aromatic heterocycles. The molecule has 0 atom stereocenters. The Kier molecular flexibility index (Phi) is 5.97. The van der Waals surface area contributed by atoms with E-state index < -0.39 is 16.0 Å². The van der Waals surface area contributed by atoms with Gasteiger partial charge in [0.05, 0.1) is 29.7 Å². The van der Waals surface area contributed by atoms with Crippen LogP contribution in [0.15, 0.2) is 22.7 Å². The molecule has 8 heteroatoms. The summed E-state index contributed by atoms with van der Waals surface area (Å²) in [4.78, 5) is 10.9. The highest BCUT2D eigenvalue weighted by Crippen LogP contribution is 2.20. The second-order valence-electron chi connectivity index (χ2n) is 4.37. The van der Waals surface area contributed by atoms with Gasteiger partial charge in [0.1, 0.15) is 0 Å². The van der Waals surface area contributed by atoms with Gasteiger partial charge in [0, 0.05) is 4.47 Å². The van der Waals surface area contributed by atoms with Crippen LogP contribution in [0.4, 0.5) is 5.69 Å². The highest BCUT2D eigenvalue weighted by molar-refractivity contribution is 9.10. The standard InChI is InChI=1S/C12H16BrNO5S/c1-8(2)19-3-4-20(17,18)14-11-6-9(12(15)16)5-10(13)7-11/h5-8,14H,3-4H2,1-2H3,(H,15,16). The van der Waals surface area contributed by atoms with Crippen molar-refractivity contribution in [1.82, 2.24) is 0 Å². The van der Waals surface area contributed by atoms with Gasteiger partial charge in [0.2, 0.25) is 10.0 Å². The van der Waals surface area contributed by atoms with Gasteiger partial charge >= 0.3 is 5.97 Å². The topological polar surface area (TPSA) is 92.7 Å². The molecule has 112 valence electrons. The number of aromatic carboxylic acids is 1. The zero-order chi connectivity index (χ0) is 15.3. The van der Waals surface area contributed by atoms with Gasteiger partial charge in [0.15, 0.2) is 0 Å². The minimum absolute atomic E-state index is 0.00416. The number of carbonyl (C=O) groups is 1. The van der Waals surface area contributed by atoms with Crippen LogP contribution in [0, 0.1) is 0 Å². The predicted molar refractivity (Wildman–Crippen MR) is 79.6 cm³/mol. The van der Waals surface area contributed by atoms with Crippen LogP contribution in [0.1, 0.15) is 24.2 Å². The van der Waals surface area contributed by atoms with Crippen LogP contribution in [0.25, 0.3) is 0 Å². The molecule has 0 spiro atoms. The Morgan fingerprint density at radius 1 is 1.40 bits per heavy atom. The van der Waals surface area contributed by atoms with Crippen LogP contribution in [0.5, 0.6) is 0 Å². The summed E-state index contributed by atoms with van der Waals surface area (Å²) in [7, 11) is -3.58. The van der Waals surface area contributed by atoms with Crippen LogP contribution in [0.2, 0.25) is 0 Å². The van der Waals surface area contributed by atoms with E-state index in [4.69, 9.17) is 9.84 Å². The lowest BCUT2D eigenvalue weighted by atomic mass is 10.2. The van der Waals surface area contributed by atoms with Gasteiger partial charge in [-0.15, -0.1) is 0 Å². The Labute approximate surface area is 126 Å². The fourth-order valence-electron chi connectivity index (χ4n) is 1.40. The lowest BCUT2D eigenvalue weighted by Crippen LogP contribution is -2.21. The smallest absolute Gasteiger partial charge is 0.335 e. The van der Waals surface area contributed by atoms with Crippen LogP contribution in [-0.4, -0.2) is 38.0 Å². The largest absolute Gasteiger partial charge is 0.478 e. The van der Waals surface area contributed by atoms with Crippen molar-refractivity contribution in [2.24, 2.45) is 0 Å². The van der Waals surface area contributed by atoms with Crippen molar-refractivity contribution in [1.29, 1.82) is 0 Å². The molecule has 0 bridgehead atoms. The normalized spacial score (nSPS) is 11.6. The predicted octanol–water partition coefficient (Wildman–Crippen LogP) is 2.31. The molecule has 0 aliphatic carbocycles. The van der Waals surface area contributed by atoms with Crippen LogP contribution in [-0.2, 0) is 14.8 Å². The highest BCUT2D eigenvalue weighted by atomic mass is 79.9. The molecular weight excluding hydrogens is 350 g/mol. The van der Waals surface area contributed by atoms with Gasteiger partial charge in [-0.05, 0) is 32.0 Å². The monoisotopic (exact) mass is 365 g/mol. The van der Waals surface area contributed by atoms with E-state index in [-0.39, 0.29) is 29.7 Å². The molecule has 0 saturated carbocycles. The molecular formula is C12H16BrNO5S. The summed E-state index contributed by atoms with van der Waals surface area (Å²) in [6.45, 7) is 3.70. The molecule has 1 aromatic carbocycles. The third kappa shape index (κ3) is 5.89. The summed E-state index contributed by atoms with van der Waals surface area (Å²) in [6.07, 6.45) is -0.0466. The number of halogens is 1. The number of nitrogens with one attached hydrogen (secondary N) is 1. The molecule has 0 amide bonds. The van der Waals surface area contributed by atoms with Gasteiger partial charge in [-0.3, -0.25) is 4.72 Å². The van der Waals surface area contributed by atoms with E-state index in [9.17, 15) is 13.2 Å².